The van der Waals surface area contributed by atoms with Gasteiger partial charge in [0.05, 0.1) is 25.0 Å². The third-order valence-electron chi connectivity index (χ3n) is 6.11. The summed E-state index contributed by atoms with van der Waals surface area (Å²) in [7, 11) is 0. The maximum absolute atomic E-state index is 13.1. The van der Waals surface area contributed by atoms with E-state index in [1.54, 1.807) is 21.8 Å². The largest absolute Gasteiger partial charge is 0.457 e. The van der Waals surface area contributed by atoms with Crippen molar-refractivity contribution in [3.63, 3.8) is 0 Å². The topological polar surface area (TPSA) is 126 Å². The van der Waals surface area contributed by atoms with Crippen LogP contribution in [0.2, 0.25) is 0 Å². The fourth-order valence-electron chi connectivity index (χ4n) is 4.09. The summed E-state index contributed by atoms with van der Waals surface area (Å²) in [5, 5.41) is 19.2. The number of hydrogen-bond donors (Lipinski definition) is 1. The molecule has 0 saturated carbocycles. The molecule has 11 nitrogen and oxygen atoms in total. The Morgan fingerprint density at radius 2 is 1.17 bits per heavy atom. The maximum atomic E-state index is 13.1. The predicted octanol–water partition coefficient (Wildman–Crippen LogP) is 3.55. The highest BCUT2D eigenvalue weighted by Gasteiger charge is 2.25. The van der Waals surface area contributed by atoms with E-state index in [9.17, 15) is 9.59 Å². The van der Waals surface area contributed by atoms with Crippen LogP contribution in [0.5, 0.6) is 0 Å². The first-order chi connectivity index (χ1) is 20.1. The van der Waals surface area contributed by atoms with Gasteiger partial charge < -0.3 is 14.8 Å². The molecule has 0 aliphatic heterocycles. The van der Waals surface area contributed by atoms with E-state index < -0.39 is 18.1 Å². The van der Waals surface area contributed by atoms with E-state index in [1.165, 1.54) is 0 Å². The smallest absolute Gasteiger partial charge is 0.408 e. The van der Waals surface area contributed by atoms with Crippen molar-refractivity contribution in [2.24, 2.45) is 0 Å². The summed E-state index contributed by atoms with van der Waals surface area (Å²) in [6.45, 7) is 1.02. The molecule has 1 atom stereocenters. The quantitative estimate of drug-likeness (QED) is 0.233. The zero-order valence-electron chi connectivity index (χ0n) is 22.2. The van der Waals surface area contributed by atoms with Crippen LogP contribution in [0.3, 0.4) is 0 Å². The molecular weight excluding hydrogens is 522 g/mol. The van der Waals surface area contributed by atoms with E-state index in [0.717, 1.165) is 16.7 Å². The van der Waals surface area contributed by atoms with Gasteiger partial charge in [-0.15, -0.1) is 10.2 Å². The van der Waals surface area contributed by atoms with E-state index in [2.05, 4.69) is 25.9 Å². The number of alkyl carbamates (subject to hydrolysis) is 1. The summed E-state index contributed by atoms with van der Waals surface area (Å²) in [5.41, 5.74) is 3.94. The number of esters is 1. The summed E-state index contributed by atoms with van der Waals surface area (Å²) in [5.74, 6) is -0.656. The molecule has 0 fully saturated rings. The summed E-state index contributed by atoms with van der Waals surface area (Å²) in [6.07, 6.45) is 2.77. The second-order valence-electron chi connectivity index (χ2n) is 9.36. The molecule has 0 aliphatic carbocycles. The number of hydrogen-bond acceptors (Lipinski definition) is 8. The Bertz CT molecular complexity index is 1540. The number of ether oxygens (including phenoxy) is 2. The fourth-order valence-corrected chi connectivity index (χ4v) is 4.09. The van der Waals surface area contributed by atoms with Gasteiger partial charge in [0.15, 0.2) is 0 Å². The van der Waals surface area contributed by atoms with Crippen LogP contribution < -0.4 is 5.32 Å². The molecule has 3 aromatic carbocycles. The summed E-state index contributed by atoms with van der Waals surface area (Å²) in [6, 6.07) is 27.9. The van der Waals surface area contributed by atoms with E-state index in [4.69, 9.17) is 9.47 Å². The van der Waals surface area contributed by atoms with Gasteiger partial charge in [0, 0.05) is 12.6 Å². The number of rotatable bonds is 12. The first-order valence-electron chi connectivity index (χ1n) is 13.1. The number of benzene rings is 3. The van der Waals surface area contributed by atoms with Crippen molar-refractivity contribution in [3.8, 4) is 0 Å². The Labute approximate surface area is 236 Å². The molecule has 41 heavy (non-hydrogen) atoms. The molecule has 0 radical (unpaired) electrons. The van der Waals surface area contributed by atoms with Crippen LogP contribution in [-0.4, -0.2) is 48.1 Å². The van der Waals surface area contributed by atoms with Crippen molar-refractivity contribution in [1.82, 2.24) is 35.3 Å². The molecule has 0 bridgehead atoms. The van der Waals surface area contributed by atoms with E-state index in [0.29, 0.717) is 24.5 Å². The lowest BCUT2D eigenvalue weighted by atomic mass is 10.1. The molecule has 1 amide bonds. The number of amides is 1. The van der Waals surface area contributed by atoms with Crippen LogP contribution in [0.15, 0.2) is 103 Å². The van der Waals surface area contributed by atoms with Crippen LogP contribution in [-0.2, 0) is 47.0 Å². The summed E-state index contributed by atoms with van der Waals surface area (Å²) in [4.78, 5) is 25.7. The summed E-state index contributed by atoms with van der Waals surface area (Å²) >= 11 is 0. The lowest BCUT2D eigenvalue weighted by Gasteiger charge is -2.16. The Kier molecular flexibility index (Phi) is 9.08. The standard InChI is InChI=1S/C30H29N7O4/c38-29(40-22-27-20-37(35-33-27)18-24-12-6-2-7-13-24)28(31-30(39)41-21-25-14-8-3-9-15-25)16-26-19-36(34-32-26)17-23-10-4-1-5-11-23/h1-15,19-20,28H,16-18,21-22H2,(H,31,39)/t28-/m1/s1. The SMILES string of the molecule is O=C(N[C@H](Cc1cn(Cc2ccccc2)nn1)C(=O)OCc1cn(Cc2ccccc2)nn1)OCc1ccccc1. The third-order valence-corrected chi connectivity index (χ3v) is 6.11. The van der Waals surface area contributed by atoms with Crippen molar-refractivity contribution < 1.29 is 19.1 Å². The van der Waals surface area contributed by atoms with Gasteiger partial charge in [-0.25, -0.2) is 19.0 Å². The van der Waals surface area contributed by atoms with E-state index in [-0.39, 0.29) is 19.6 Å². The lowest BCUT2D eigenvalue weighted by molar-refractivity contribution is -0.147. The number of nitrogens with zero attached hydrogens (tertiary/aromatic N) is 6. The summed E-state index contributed by atoms with van der Waals surface area (Å²) < 4.78 is 14.2. The molecule has 208 valence electrons. The van der Waals surface area contributed by atoms with Gasteiger partial charge in [-0.2, -0.15) is 0 Å². The second kappa shape index (κ2) is 13.7. The third kappa shape index (κ3) is 8.33. The molecule has 0 spiro atoms. The first-order valence-corrected chi connectivity index (χ1v) is 13.1. The lowest BCUT2D eigenvalue weighted by Crippen LogP contribution is -2.43. The number of carbonyl (C=O) groups is 2. The normalized spacial score (nSPS) is 11.5. The van der Waals surface area contributed by atoms with Gasteiger partial charge in [-0.05, 0) is 16.7 Å². The highest BCUT2D eigenvalue weighted by Crippen LogP contribution is 2.09. The van der Waals surface area contributed by atoms with Gasteiger partial charge in [-0.3, -0.25) is 0 Å². The van der Waals surface area contributed by atoms with Gasteiger partial charge in [0.25, 0.3) is 0 Å². The zero-order valence-corrected chi connectivity index (χ0v) is 22.2. The highest BCUT2D eigenvalue weighted by atomic mass is 16.6. The Morgan fingerprint density at radius 3 is 1.76 bits per heavy atom. The van der Waals surface area contributed by atoms with Crippen LogP contribution in [0.1, 0.15) is 28.1 Å². The maximum Gasteiger partial charge on any atom is 0.408 e. The molecule has 0 unspecified atom stereocenters. The second-order valence-corrected chi connectivity index (χ2v) is 9.36. The average molecular weight is 552 g/mol. The molecule has 0 aliphatic rings. The average Bonchev–Trinajstić information content (AvgIpc) is 3.65. The molecule has 2 aromatic heterocycles. The minimum Gasteiger partial charge on any atom is -0.457 e. The molecule has 5 aromatic rings. The number of aromatic nitrogens is 6. The van der Waals surface area contributed by atoms with Crippen LogP contribution >= 0.6 is 0 Å². The Hall–Kier alpha value is -5.32. The highest BCUT2D eigenvalue weighted by molar-refractivity contribution is 5.81. The van der Waals surface area contributed by atoms with Crippen LogP contribution in [0.25, 0.3) is 0 Å². The van der Waals surface area contributed by atoms with Gasteiger partial charge in [0.2, 0.25) is 0 Å². The predicted molar refractivity (Wildman–Crippen MR) is 148 cm³/mol. The van der Waals surface area contributed by atoms with Crippen molar-refractivity contribution in [3.05, 3.63) is 131 Å². The van der Waals surface area contributed by atoms with E-state index >= 15 is 0 Å². The minimum absolute atomic E-state index is 0.0617. The van der Waals surface area contributed by atoms with Gasteiger partial charge >= 0.3 is 12.1 Å². The number of nitrogens with one attached hydrogen (secondary N) is 1. The Balaban J connectivity index is 1.21. The molecular formula is C30H29N7O4. The van der Waals surface area contributed by atoms with Gasteiger partial charge in [0.1, 0.15) is 24.9 Å². The molecule has 5 rings (SSSR count). The minimum atomic E-state index is -1.06. The molecule has 2 heterocycles. The van der Waals surface area contributed by atoms with Crippen LogP contribution in [0, 0.1) is 0 Å². The molecule has 0 saturated heterocycles. The van der Waals surface area contributed by atoms with Crippen molar-refractivity contribution in [2.45, 2.75) is 38.8 Å². The van der Waals surface area contributed by atoms with Crippen LogP contribution in [0.4, 0.5) is 4.79 Å². The number of carbonyl (C=O) groups excluding carboxylic acids is 2. The Morgan fingerprint density at radius 1 is 0.659 bits per heavy atom. The first kappa shape index (κ1) is 27.3. The van der Waals surface area contributed by atoms with Crippen molar-refractivity contribution >= 4 is 12.1 Å². The fraction of sp³-hybridized carbons (Fsp3) is 0.200. The molecule has 1 N–H and O–H groups in total. The van der Waals surface area contributed by atoms with Crippen molar-refractivity contribution in [2.75, 3.05) is 0 Å². The van der Waals surface area contributed by atoms with Gasteiger partial charge in [-0.1, -0.05) is 101 Å². The van der Waals surface area contributed by atoms with Crippen molar-refractivity contribution in [1.29, 1.82) is 0 Å². The zero-order chi connectivity index (χ0) is 28.3. The monoisotopic (exact) mass is 551 g/mol. The molecule has 11 heteroatoms. The van der Waals surface area contributed by atoms with E-state index in [1.807, 2.05) is 91.0 Å².